The molecule has 2 aromatic rings. The number of sulfonamides is 1. The first-order chi connectivity index (χ1) is 12.6. The summed E-state index contributed by atoms with van der Waals surface area (Å²) >= 11 is 0. The van der Waals surface area contributed by atoms with Crippen LogP contribution in [0.5, 0.6) is 0 Å². The Morgan fingerprint density at radius 3 is 2.15 bits per heavy atom. The number of aryl methyl sites for hydroxylation is 1. The van der Waals surface area contributed by atoms with Gasteiger partial charge in [-0.15, -0.1) is 0 Å². The second kappa shape index (κ2) is 9.31. The SMILES string of the molecule is O=S(=O)(NC1CCN(CCCCc2ccccc2)CC1)c1ccccc1. The smallest absolute Gasteiger partial charge is 0.240 e. The van der Waals surface area contributed by atoms with Crippen LogP contribution in [-0.2, 0) is 16.4 Å². The molecule has 0 spiro atoms. The first kappa shape index (κ1) is 19.1. The van der Waals surface area contributed by atoms with E-state index in [2.05, 4.69) is 40.0 Å². The van der Waals surface area contributed by atoms with Crippen molar-refractivity contribution in [2.24, 2.45) is 0 Å². The van der Waals surface area contributed by atoms with Crippen molar-refractivity contribution in [2.45, 2.75) is 43.0 Å². The zero-order valence-electron chi connectivity index (χ0n) is 15.2. The first-order valence-corrected chi connectivity index (χ1v) is 11.0. The van der Waals surface area contributed by atoms with E-state index >= 15 is 0 Å². The lowest BCUT2D eigenvalue weighted by molar-refractivity contribution is 0.204. The van der Waals surface area contributed by atoms with E-state index in [1.165, 1.54) is 18.4 Å². The quantitative estimate of drug-likeness (QED) is 0.722. The van der Waals surface area contributed by atoms with Gasteiger partial charge in [0.05, 0.1) is 4.90 Å². The fraction of sp³-hybridized carbons (Fsp3) is 0.429. The molecule has 5 heteroatoms. The van der Waals surface area contributed by atoms with Crippen molar-refractivity contribution in [2.75, 3.05) is 19.6 Å². The summed E-state index contributed by atoms with van der Waals surface area (Å²) < 4.78 is 27.7. The van der Waals surface area contributed by atoms with Crippen molar-refractivity contribution < 1.29 is 8.42 Å². The minimum atomic E-state index is -3.40. The lowest BCUT2D eigenvalue weighted by Gasteiger charge is -2.32. The normalized spacial score (nSPS) is 16.6. The van der Waals surface area contributed by atoms with Crippen molar-refractivity contribution >= 4 is 10.0 Å². The summed E-state index contributed by atoms with van der Waals surface area (Å²) in [6.45, 7) is 3.03. The van der Waals surface area contributed by atoms with E-state index in [-0.39, 0.29) is 6.04 Å². The number of benzene rings is 2. The average molecular weight is 373 g/mol. The summed E-state index contributed by atoms with van der Waals surface area (Å²) in [5, 5.41) is 0. The molecule has 1 heterocycles. The van der Waals surface area contributed by atoms with Gasteiger partial charge in [0.1, 0.15) is 0 Å². The molecule has 140 valence electrons. The summed E-state index contributed by atoms with van der Waals surface area (Å²) in [6.07, 6.45) is 5.28. The second-order valence-electron chi connectivity index (χ2n) is 6.99. The number of unbranched alkanes of at least 4 members (excludes halogenated alkanes) is 1. The summed E-state index contributed by atoms with van der Waals surface area (Å²) in [5.41, 5.74) is 1.40. The van der Waals surface area contributed by atoms with E-state index in [4.69, 9.17) is 0 Å². The van der Waals surface area contributed by atoms with Gasteiger partial charge in [0.25, 0.3) is 0 Å². The highest BCUT2D eigenvalue weighted by atomic mass is 32.2. The van der Waals surface area contributed by atoms with E-state index < -0.39 is 10.0 Å². The molecule has 1 saturated heterocycles. The van der Waals surface area contributed by atoms with Gasteiger partial charge in [-0.25, -0.2) is 13.1 Å². The Labute approximate surface area is 157 Å². The Bertz CT molecular complexity index is 755. The van der Waals surface area contributed by atoms with Gasteiger partial charge in [0, 0.05) is 6.04 Å². The van der Waals surface area contributed by atoms with Crippen LogP contribution in [0.1, 0.15) is 31.2 Å². The third kappa shape index (κ3) is 5.66. The number of likely N-dealkylation sites (tertiary alicyclic amines) is 1. The van der Waals surface area contributed by atoms with Crippen molar-refractivity contribution in [3.8, 4) is 0 Å². The standard InChI is InChI=1S/C21H28N2O2S/c24-26(25,21-12-5-2-6-13-21)22-20-14-17-23(18-15-20)16-8-7-11-19-9-3-1-4-10-19/h1-6,9-10,12-13,20,22H,7-8,11,14-18H2. The number of hydrogen-bond acceptors (Lipinski definition) is 3. The van der Waals surface area contributed by atoms with Crippen LogP contribution >= 0.6 is 0 Å². The molecule has 1 aliphatic rings. The molecule has 0 aromatic heterocycles. The van der Waals surface area contributed by atoms with Crippen LogP contribution in [0, 0.1) is 0 Å². The van der Waals surface area contributed by atoms with E-state index in [1.807, 2.05) is 6.07 Å². The molecule has 1 aliphatic heterocycles. The minimum absolute atomic E-state index is 0.0424. The third-order valence-corrected chi connectivity index (χ3v) is 6.53. The third-order valence-electron chi connectivity index (χ3n) is 5.00. The molecule has 0 saturated carbocycles. The highest BCUT2D eigenvalue weighted by molar-refractivity contribution is 7.89. The van der Waals surface area contributed by atoms with Crippen molar-refractivity contribution in [3.63, 3.8) is 0 Å². The highest BCUT2D eigenvalue weighted by Crippen LogP contribution is 2.15. The summed E-state index contributed by atoms with van der Waals surface area (Å²) in [6, 6.07) is 19.3. The van der Waals surface area contributed by atoms with Crippen LogP contribution < -0.4 is 4.72 Å². The Kier molecular flexibility index (Phi) is 6.83. The molecular formula is C21H28N2O2S. The number of piperidine rings is 1. The maximum absolute atomic E-state index is 12.4. The molecule has 0 unspecified atom stereocenters. The zero-order valence-corrected chi connectivity index (χ0v) is 16.0. The van der Waals surface area contributed by atoms with Crippen molar-refractivity contribution in [1.29, 1.82) is 0 Å². The molecule has 1 fully saturated rings. The van der Waals surface area contributed by atoms with Gasteiger partial charge in [0.2, 0.25) is 10.0 Å². The lowest BCUT2D eigenvalue weighted by atomic mass is 10.0. The molecule has 0 amide bonds. The van der Waals surface area contributed by atoms with Gasteiger partial charge in [-0.2, -0.15) is 0 Å². The molecule has 1 N–H and O–H groups in total. The molecule has 3 rings (SSSR count). The first-order valence-electron chi connectivity index (χ1n) is 9.47. The molecule has 2 aromatic carbocycles. The maximum Gasteiger partial charge on any atom is 0.240 e. The Morgan fingerprint density at radius 1 is 0.885 bits per heavy atom. The van der Waals surface area contributed by atoms with Crippen LogP contribution in [0.25, 0.3) is 0 Å². The van der Waals surface area contributed by atoms with Gasteiger partial charge in [-0.1, -0.05) is 48.5 Å². The Hall–Kier alpha value is -1.69. The molecule has 0 bridgehead atoms. The van der Waals surface area contributed by atoms with Crippen LogP contribution in [0.2, 0.25) is 0 Å². The van der Waals surface area contributed by atoms with E-state index in [9.17, 15) is 8.42 Å². The van der Waals surface area contributed by atoms with Gasteiger partial charge in [-0.3, -0.25) is 0 Å². The fourth-order valence-corrected chi connectivity index (χ4v) is 4.80. The maximum atomic E-state index is 12.4. The second-order valence-corrected chi connectivity index (χ2v) is 8.71. The van der Waals surface area contributed by atoms with Gasteiger partial charge < -0.3 is 4.90 Å². The molecule has 0 aliphatic carbocycles. The summed E-state index contributed by atoms with van der Waals surface area (Å²) in [7, 11) is -3.40. The average Bonchev–Trinajstić information content (AvgIpc) is 2.68. The van der Waals surface area contributed by atoms with E-state index in [0.29, 0.717) is 4.90 Å². The molecule has 4 nitrogen and oxygen atoms in total. The van der Waals surface area contributed by atoms with E-state index in [1.54, 1.807) is 24.3 Å². The fourth-order valence-electron chi connectivity index (χ4n) is 3.47. The van der Waals surface area contributed by atoms with E-state index in [0.717, 1.165) is 38.9 Å². The van der Waals surface area contributed by atoms with Gasteiger partial charge >= 0.3 is 0 Å². The lowest BCUT2D eigenvalue weighted by Crippen LogP contribution is -2.44. The largest absolute Gasteiger partial charge is 0.303 e. The number of nitrogens with zero attached hydrogens (tertiary/aromatic N) is 1. The topological polar surface area (TPSA) is 49.4 Å². The van der Waals surface area contributed by atoms with Crippen molar-refractivity contribution in [3.05, 3.63) is 66.2 Å². The number of rotatable bonds is 8. The highest BCUT2D eigenvalue weighted by Gasteiger charge is 2.24. The van der Waals surface area contributed by atoms with Gasteiger partial charge in [0.15, 0.2) is 0 Å². The van der Waals surface area contributed by atoms with Crippen LogP contribution in [-0.4, -0.2) is 39.0 Å². The Morgan fingerprint density at radius 2 is 1.50 bits per heavy atom. The molecular weight excluding hydrogens is 344 g/mol. The van der Waals surface area contributed by atoms with Crippen LogP contribution in [0.15, 0.2) is 65.6 Å². The van der Waals surface area contributed by atoms with Crippen molar-refractivity contribution in [1.82, 2.24) is 9.62 Å². The Balaban J connectivity index is 1.36. The van der Waals surface area contributed by atoms with Gasteiger partial charge in [-0.05, 0) is 69.4 Å². The number of nitrogens with one attached hydrogen (secondary N) is 1. The molecule has 0 radical (unpaired) electrons. The predicted octanol–water partition coefficient (Wildman–Crippen LogP) is 3.45. The van der Waals surface area contributed by atoms with Crippen LogP contribution in [0.4, 0.5) is 0 Å². The zero-order chi connectivity index (χ0) is 18.2. The summed E-state index contributed by atoms with van der Waals surface area (Å²) in [5.74, 6) is 0. The number of hydrogen-bond donors (Lipinski definition) is 1. The van der Waals surface area contributed by atoms with Crippen LogP contribution in [0.3, 0.4) is 0 Å². The molecule has 26 heavy (non-hydrogen) atoms. The monoisotopic (exact) mass is 372 g/mol. The predicted molar refractivity (Wildman–Crippen MR) is 106 cm³/mol. The minimum Gasteiger partial charge on any atom is -0.303 e. The summed E-state index contributed by atoms with van der Waals surface area (Å²) in [4.78, 5) is 2.81. The molecule has 0 atom stereocenters.